The van der Waals surface area contributed by atoms with Gasteiger partial charge in [-0.15, -0.1) is 5.06 Å². The topological polar surface area (TPSA) is 55.8 Å². The van der Waals surface area contributed by atoms with E-state index in [1.807, 2.05) is 6.92 Å². The van der Waals surface area contributed by atoms with Gasteiger partial charge in [0.25, 0.3) is 5.91 Å². The first-order valence-corrected chi connectivity index (χ1v) is 7.40. The highest BCUT2D eigenvalue weighted by atomic mass is 19.1. The second kappa shape index (κ2) is 6.40. The Morgan fingerprint density at radius 2 is 2.04 bits per heavy atom. The van der Waals surface area contributed by atoms with Gasteiger partial charge in [0.2, 0.25) is 0 Å². The molecule has 0 radical (unpaired) electrons. The van der Waals surface area contributed by atoms with E-state index in [-0.39, 0.29) is 17.9 Å². The number of ether oxygens (including phenoxy) is 1. The molecule has 0 bridgehead atoms. The summed E-state index contributed by atoms with van der Waals surface area (Å²) in [5.41, 5.74) is -0.559. The van der Waals surface area contributed by atoms with Crippen molar-refractivity contribution < 1.29 is 23.6 Å². The fourth-order valence-corrected chi connectivity index (χ4v) is 1.97. The largest absolute Gasteiger partial charge is 0.474 e. The van der Waals surface area contributed by atoms with Crippen molar-refractivity contribution in [1.29, 1.82) is 0 Å². The molecule has 0 spiro atoms. The number of rotatable bonds is 4. The van der Waals surface area contributed by atoms with Gasteiger partial charge in [-0.05, 0) is 33.3 Å². The van der Waals surface area contributed by atoms with Crippen LogP contribution in [0.1, 0.15) is 39.7 Å². The van der Waals surface area contributed by atoms with Gasteiger partial charge in [-0.2, -0.15) is 0 Å². The van der Waals surface area contributed by atoms with Crippen LogP contribution in [0, 0.1) is 11.2 Å². The molecule has 0 aromatic heterocycles. The molecule has 124 valence electrons. The molecule has 6 heteroatoms. The zero-order valence-electron chi connectivity index (χ0n) is 13.7. The van der Waals surface area contributed by atoms with Gasteiger partial charge in [-0.1, -0.05) is 25.1 Å². The first-order chi connectivity index (χ1) is 10.8. The third-order valence-electron chi connectivity index (χ3n) is 3.96. The highest BCUT2D eigenvalue weighted by Gasteiger charge is 2.36. The SMILES string of the molecule is CCC(C)(C)C(=O)ON1COC(C)=C(c2ccccc2F)C1=O. The summed E-state index contributed by atoms with van der Waals surface area (Å²) >= 11 is 0. The van der Waals surface area contributed by atoms with E-state index in [0.717, 1.165) is 5.06 Å². The minimum absolute atomic E-state index is 0.0523. The summed E-state index contributed by atoms with van der Waals surface area (Å²) in [6.45, 7) is 6.67. The lowest BCUT2D eigenvalue weighted by molar-refractivity contribution is -0.219. The van der Waals surface area contributed by atoms with Crippen LogP contribution in [0.2, 0.25) is 0 Å². The van der Waals surface area contributed by atoms with E-state index in [4.69, 9.17) is 9.57 Å². The molecule has 2 rings (SSSR count). The minimum atomic E-state index is -0.728. The lowest BCUT2D eigenvalue weighted by atomic mass is 9.91. The summed E-state index contributed by atoms with van der Waals surface area (Å²) in [4.78, 5) is 29.9. The van der Waals surface area contributed by atoms with Crippen molar-refractivity contribution >= 4 is 17.4 Å². The van der Waals surface area contributed by atoms with Crippen LogP contribution in [0.4, 0.5) is 4.39 Å². The van der Waals surface area contributed by atoms with Crippen molar-refractivity contribution in [3.05, 3.63) is 41.4 Å². The van der Waals surface area contributed by atoms with Gasteiger partial charge in [-0.3, -0.25) is 4.79 Å². The summed E-state index contributed by atoms with van der Waals surface area (Å²) in [7, 11) is 0. The monoisotopic (exact) mass is 321 g/mol. The maximum Gasteiger partial charge on any atom is 0.338 e. The predicted octanol–water partition coefficient (Wildman–Crippen LogP) is 3.27. The van der Waals surface area contributed by atoms with Gasteiger partial charge in [0.05, 0.1) is 11.0 Å². The Hall–Kier alpha value is -2.37. The number of hydrogen-bond acceptors (Lipinski definition) is 4. The third-order valence-corrected chi connectivity index (χ3v) is 3.96. The number of amides is 1. The molecule has 0 saturated heterocycles. The van der Waals surface area contributed by atoms with E-state index in [1.165, 1.54) is 18.2 Å². The summed E-state index contributed by atoms with van der Waals surface area (Å²) in [6.07, 6.45) is 0.559. The van der Waals surface area contributed by atoms with Crippen LogP contribution in [-0.2, 0) is 19.2 Å². The number of carbonyl (C=O) groups is 2. The van der Waals surface area contributed by atoms with Crippen molar-refractivity contribution in [2.75, 3.05) is 6.73 Å². The van der Waals surface area contributed by atoms with Crippen molar-refractivity contribution in [2.45, 2.75) is 34.1 Å². The smallest absolute Gasteiger partial charge is 0.338 e. The average Bonchev–Trinajstić information content (AvgIpc) is 2.51. The molecule has 1 heterocycles. The first-order valence-electron chi connectivity index (χ1n) is 7.40. The van der Waals surface area contributed by atoms with Gasteiger partial charge < -0.3 is 9.57 Å². The molecular formula is C17H20FNO4. The molecule has 0 N–H and O–H groups in total. The van der Waals surface area contributed by atoms with E-state index in [0.29, 0.717) is 12.2 Å². The molecule has 1 aromatic rings. The first kappa shape index (κ1) is 17.0. The van der Waals surface area contributed by atoms with E-state index in [9.17, 15) is 14.0 Å². The summed E-state index contributed by atoms with van der Waals surface area (Å²) in [6, 6.07) is 5.90. The molecule has 0 saturated carbocycles. The van der Waals surface area contributed by atoms with E-state index >= 15 is 0 Å². The van der Waals surface area contributed by atoms with Crippen LogP contribution in [0.25, 0.3) is 5.57 Å². The fourth-order valence-electron chi connectivity index (χ4n) is 1.97. The summed E-state index contributed by atoms with van der Waals surface area (Å²) in [5, 5.41) is 0.828. The molecule has 0 unspecified atom stereocenters. The lowest BCUT2D eigenvalue weighted by Crippen LogP contribution is -2.42. The van der Waals surface area contributed by atoms with E-state index in [2.05, 4.69) is 0 Å². The second-order valence-electron chi connectivity index (χ2n) is 5.98. The van der Waals surface area contributed by atoms with E-state index < -0.39 is 23.1 Å². The van der Waals surface area contributed by atoms with Crippen molar-refractivity contribution in [3.8, 4) is 0 Å². The average molecular weight is 321 g/mol. The Labute approximate surface area is 134 Å². The van der Waals surface area contributed by atoms with Gasteiger partial charge in [0.1, 0.15) is 11.6 Å². The van der Waals surface area contributed by atoms with Gasteiger partial charge in [-0.25, -0.2) is 9.18 Å². The summed E-state index contributed by atoms with van der Waals surface area (Å²) in [5.74, 6) is -1.38. The lowest BCUT2D eigenvalue weighted by Gasteiger charge is -2.30. The summed E-state index contributed by atoms with van der Waals surface area (Å²) < 4.78 is 19.4. The molecule has 1 aliphatic rings. The molecule has 0 aliphatic carbocycles. The predicted molar refractivity (Wildman–Crippen MR) is 82.0 cm³/mol. The number of hydrogen-bond donors (Lipinski definition) is 0. The molecule has 1 aromatic carbocycles. The number of carbonyl (C=O) groups excluding carboxylic acids is 2. The number of halogens is 1. The maximum absolute atomic E-state index is 14.0. The molecule has 5 nitrogen and oxygen atoms in total. The quantitative estimate of drug-likeness (QED) is 0.854. The fraction of sp³-hybridized carbons (Fsp3) is 0.412. The van der Waals surface area contributed by atoms with Crippen molar-refractivity contribution in [3.63, 3.8) is 0 Å². The zero-order valence-corrected chi connectivity index (χ0v) is 13.7. The van der Waals surface area contributed by atoms with Gasteiger partial charge in [0, 0.05) is 5.56 Å². The number of hydroxylamine groups is 2. The molecule has 1 aliphatic heterocycles. The normalized spacial score (nSPS) is 15.5. The van der Waals surface area contributed by atoms with Gasteiger partial charge in [0.15, 0.2) is 6.73 Å². The Bertz CT molecular complexity index is 666. The van der Waals surface area contributed by atoms with Gasteiger partial charge >= 0.3 is 5.97 Å². The second-order valence-corrected chi connectivity index (χ2v) is 5.98. The number of allylic oxidation sites excluding steroid dienone is 1. The molecule has 0 fully saturated rings. The van der Waals surface area contributed by atoms with E-state index in [1.54, 1.807) is 26.8 Å². The zero-order chi connectivity index (χ0) is 17.2. The Morgan fingerprint density at radius 1 is 1.39 bits per heavy atom. The molecule has 1 amide bonds. The maximum atomic E-state index is 14.0. The van der Waals surface area contributed by atoms with Crippen LogP contribution in [0.5, 0.6) is 0 Å². The van der Waals surface area contributed by atoms with Crippen LogP contribution in [0.15, 0.2) is 30.0 Å². The Kier molecular flexibility index (Phi) is 4.73. The highest BCUT2D eigenvalue weighted by Crippen LogP contribution is 2.29. The minimum Gasteiger partial charge on any atom is -0.474 e. The number of nitrogens with zero attached hydrogens (tertiary/aromatic N) is 1. The van der Waals surface area contributed by atoms with Crippen LogP contribution in [0.3, 0.4) is 0 Å². The third kappa shape index (κ3) is 3.36. The van der Waals surface area contributed by atoms with Crippen LogP contribution < -0.4 is 0 Å². The van der Waals surface area contributed by atoms with Crippen molar-refractivity contribution in [1.82, 2.24) is 5.06 Å². The standard InChI is InChI=1S/C17H20FNO4/c1-5-17(3,4)16(21)23-19-10-22-11(2)14(15(19)20)12-8-6-7-9-13(12)18/h6-9H,5,10H2,1-4H3. The van der Waals surface area contributed by atoms with Crippen LogP contribution >= 0.6 is 0 Å². The highest BCUT2D eigenvalue weighted by molar-refractivity contribution is 6.20. The Morgan fingerprint density at radius 3 is 2.65 bits per heavy atom. The van der Waals surface area contributed by atoms with Crippen molar-refractivity contribution in [2.24, 2.45) is 5.41 Å². The molecular weight excluding hydrogens is 301 g/mol. The molecule has 0 atom stereocenters. The molecule has 23 heavy (non-hydrogen) atoms. The van der Waals surface area contributed by atoms with Crippen LogP contribution in [-0.4, -0.2) is 23.7 Å². The number of benzene rings is 1. The Balaban J connectivity index is 2.28.